The molecule has 0 bridgehead atoms. The zero-order valence-corrected chi connectivity index (χ0v) is 11.8. The fraction of sp³-hybridized carbons (Fsp3) is 0.562. The van der Waals surface area contributed by atoms with Crippen LogP contribution in [0.25, 0.3) is 0 Å². The molecule has 1 heterocycles. The second-order valence-corrected chi connectivity index (χ2v) is 5.33. The van der Waals surface area contributed by atoms with E-state index in [1.165, 1.54) is 18.4 Å². The van der Waals surface area contributed by atoms with Crippen molar-refractivity contribution in [3.8, 4) is 0 Å². The third-order valence-electron chi connectivity index (χ3n) is 3.74. The van der Waals surface area contributed by atoms with E-state index in [4.69, 9.17) is 0 Å². The van der Waals surface area contributed by atoms with Crippen LogP contribution >= 0.6 is 0 Å². The summed E-state index contributed by atoms with van der Waals surface area (Å²) in [5.41, 5.74) is 1.22. The molecule has 1 aliphatic heterocycles. The van der Waals surface area contributed by atoms with Crippen LogP contribution in [0.4, 0.5) is 0 Å². The molecule has 1 aromatic carbocycles. The van der Waals surface area contributed by atoms with Crippen LogP contribution in [-0.2, 0) is 11.3 Å². The standard InChI is InChI=1S/C16H24N2O/c1-14(17-13-15-9-5-4-6-10-15)16(19)18-11-7-2-3-8-12-18/h4-6,9-10,14,17H,2-3,7-8,11-13H2,1H3. The van der Waals surface area contributed by atoms with E-state index in [1.807, 2.05) is 30.0 Å². The highest BCUT2D eigenvalue weighted by Gasteiger charge is 2.20. The van der Waals surface area contributed by atoms with E-state index in [2.05, 4.69) is 17.4 Å². The minimum atomic E-state index is -0.0988. The van der Waals surface area contributed by atoms with E-state index in [-0.39, 0.29) is 11.9 Å². The Morgan fingerprint density at radius 3 is 2.42 bits per heavy atom. The average Bonchev–Trinajstić information content (AvgIpc) is 2.74. The molecule has 0 aromatic heterocycles. The van der Waals surface area contributed by atoms with Crippen molar-refractivity contribution in [2.75, 3.05) is 13.1 Å². The van der Waals surface area contributed by atoms with Gasteiger partial charge in [0.05, 0.1) is 6.04 Å². The number of hydrogen-bond acceptors (Lipinski definition) is 2. The van der Waals surface area contributed by atoms with Crippen molar-refractivity contribution in [1.29, 1.82) is 0 Å². The Labute approximate surface area is 116 Å². The van der Waals surface area contributed by atoms with Gasteiger partial charge in [-0.1, -0.05) is 43.2 Å². The molecule has 3 heteroatoms. The first-order chi connectivity index (χ1) is 9.27. The minimum absolute atomic E-state index is 0.0988. The van der Waals surface area contributed by atoms with Crippen LogP contribution in [0.2, 0.25) is 0 Å². The van der Waals surface area contributed by atoms with Crippen LogP contribution in [-0.4, -0.2) is 29.9 Å². The molecule has 3 nitrogen and oxygen atoms in total. The SMILES string of the molecule is CC(NCc1ccccc1)C(=O)N1CCCCCC1. The van der Waals surface area contributed by atoms with E-state index in [0.717, 1.165) is 32.5 Å². The maximum Gasteiger partial charge on any atom is 0.239 e. The van der Waals surface area contributed by atoms with Gasteiger partial charge in [0.15, 0.2) is 0 Å². The van der Waals surface area contributed by atoms with Gasteiger partial charge in [-0.2, -0.15) is 0 Å². The Hall–Kier alpha value is -1.35. The molecule has 0 radical (unpaired) electrons. The second-order valence-electron chi connectivity index (χ2n) is 5.33. The number of nitrogens with one attached hydrogen (secondary N) is 1. The molecule has 0 saturated carbocycles. The van der Waals surface area contributed by atoms with Crippen molar-refractivity contribution in [2.24, 2.45) is 0 Å². The van der Waals surface area contributed by atoms with E-state index >= 15 is 0 Å². The molecular weight excluding hydrogens is 236 g/mol. The van der Waals surface area contributed by atoms with E-state index < -0.39 is 0 Å². The quantitative estimate of drug-likeness (QED) is 0.902. The summed E-state index contributed by atoms with van der Waals surface area (Å²) in [6, 6.07) is 10.1. The molecule has 1 N–H and O–H groups in total. The monoisotopic (exact) mass is 260 g/mol. The largest absolute Gasteiger partial charge is 0.341 e. The average molecular weight is 260 g/mol. The van der Waals surface area contributed by atoms with Crippen LogP contribution < -0.4 is 5.32 Å². The van der Waals surface area contributed by atoms with Gasteiger partial charge in [-0.25, -0.2) is 0 Å². The van der Waals surface area contributed by atoms with Crippen LogP contribution in [0.3, 0.4) is 0 Å². The summed E-state index contributed by atoms with van der Waals surface area (Å²) in [5.74, 6) is 0.248. The summed E-state index contributed by atoms with van der Waals surface area (Å²) in [5, 5.41) is 3.33. The summed E-state index contributed by atoms with van der Waals surface area (Å²) in [7, 11) is 0. The van der Waals surface area contributed by atoms with Crippen molar-refractivity contribution < 1.29 is 4.79 Å². The maximum absolute atomic E-state index is 12.3. The lowest BCUT2D eigenvalue weighted by Gasteiger charge is -2.24. The van der Waals surface area contributed by atoms with E-state index in [0.29, 0.717) is 0 Å². The number of carbonyl (C=O) groups is 1. The predicted molar refractivity (Wildman–Crippen MR) is 77.8 cm³/mol. The fourth-order valence-corrected chi connectivity index (χ4v) is 2.52. The molecule has 2 rings (SSSR count). The summed E-state index contributed by atoms with van der Waals surface area (Å²) in [4.78, 5) is 14.4. The van der Waals surface area contributed by atoms with Gasteiger partial charge in [0, 0.05) is 19.6 Å². The summed E-state index contributed by atoms with van der Waals surface area (Å²) in [6.45, 7) is 4.57. The van der Waals surface area contributed by atoms with Crippen molar-refractivity contribution in [1.82, 2.24) is 10.2 Å². The van der Waals surface area contributed by atoms with Gasteiger partial charge in [-0.05, 0) is 25.3 Å². The Morgan fingerprint density at radius 1 is 1.16 bits per heavy atom. The highest BCUT2D eigenvalue weighted by molar-refractivity contribution is 5.81. The van der Waals surface area contributed by atoms with Crippen LogP contribution in [0.1, 0.15) is 38.2 Å². The van der Waals surface area contributed by atoms with Crippen molar-refractivity contribution in [3.63, 3.8) is 0 Å². The zero-order chi connectivity index (χ0) is 13.5. The van der Waals surface area contributed by atoms with E-state index in [1.54, 1.807) is 0 Å². The van der Waals surface area contributed by atoms with Gasteiger partial charge in [0.1, 0.15) is 0 Å². The molecule has 1 aromatic rings. The van der Waals surface area contributed by atoms with Crippen molar-refractivity contribution in [2.45, 2.75) is 45.2 Å². The summed E-state index contributed by atoms with van der Waals surface area (Å²) < 4.78 is 0. The van der Waals surface area contributed by atoms with Crippen LogP contribution in [0, 0.1) is 0 Å². The Kier molecular flexibility index (Phi) is 5.40. The maximum atomic E-state index is 12.3. The molecule has 1 amide bonds. The molecule has 1 unspecified atom stereocenters. The predicted octanol–water partition coefficient (Wildman–Crippen LogP) is 2.57. The number of carbonyl (C=O) groups excluding carboxylic acids is 1. The lowest BCUT2D eigenvalue weighted by Crippen LogP contribution is -2.45. The normalized spacial score (nSPS) is 17.8. The third kappa shape index (κ3) is 4.35. The van der Waals surface area contributed by atoms with Crippen LogP contribution in [0.15, 0.2) is 30.3 Å². The highest BCUT2D eigenvalue weighted by atomic mass is 16.2. The molecule has 104 valence electrons. The molecular formula is C16H24N2O. The van der Waals surface area contributed by atoms with Gasteiger partial charge in [0.2, 0.25) is 5.91 Å². The first kappa shape index (κ1) is 14.1. The third-order valence-corrected chi connectivity index (χ3v) is 3.74. The number of amides is 1. The molecule has 0 aliphatic carbocycles. The molecule has 1 saturated heterocycles. The Bertz CT molecular complexity index is 383. The molecule has 1 fully saturated rings. The summed E-state index contributed by atoms with van der Waals surface area (Å²) >= 11 is 0. The first-order valence-electron chi connectivity index (χ1n) is 7.33. The van der Waals surface area contributed by atoms with Crippen molar-refractivity contribution >= 4 is 5.91 Å². The minimum Gasteiger partial charge on any atom is -0.341 e. The Morgan fingerprint density at radius 2 is 1.79 bits per heavy atom. The highest BCUT2D eigenvalue weighted by Crippen LogP contribution is 2.11. The van der Waals surface area contributed by atoms with E-state index in [9.17, 15) is 4.79 Å². The van der Waals surface area contributed by atoms with Gasteiger partial charge in [-0.3, -0.25) is 4.79 Å². The van der Waals surface area contributed by atoms with Gasteiger partial charge in [0.25, 0.3) is 0 Å². The lowest BCUT2D eigenvalue weighted by atomic mass is 10.2. The molecule has 1 aliphatic rings. The number of nitrogens with zero attached hydrogens (tertiary/aromatic N) is 1. The molecule has 19 heavy (non-hydrogen) atoms. The summed E-state index contributed by atoms with van der Waals surface area (Å²) in [6.07, 6.45) is 4.82. The number of benzene rings is 1. The zero-order valence-electron chi connectivity index (χ0n) is 11.8. The fourth-order valence-electron chi connectivity index (χ4n) is 2.52. The number of likely N-dealkylation sites (tertiary alicyclic amines) is 1. The van der Waals surface area contributed by atoms with Gasteiger partial charge < -0.3 is 10.2 Å². The van der Waals surface area contributed by atoms with Gasteiger partial charge in [-0.15, -0.1) is 0 Å². The van der Waals surface area contributed by atoms with Crippen LogP contribution in [0.5, 0.6) is 0 Å². The van der Waals surface area contributed by atoms with Crippen molar-refractivity contribution in [3.05, 3.63) is 35.9 Å². The topological polar surface area (TPSA) is 32.3 Å². The molecule has 1 atom stereocenters. The smallest absolute Gasteiger partial charge is 0.239 e. The Balaban J connectivity index is 1.81. The van der Waals surface area contributed by atoms with Gasteiger partial charge >= 0.3 is 0 Å². The number of hydrogen-bond donors (Lipinski definition) is 1. The second kappa shape index (κ2) is 7.29. The lowest BCUT2D eigenvalue weighted by molar-refractivity contribution is -0.133. The molecule has 0 spiro atoms. The first-order valence-corrected chi connectivity index (χ1v) is 7.33. The number of rotatable bonds is 4.